The monoisotopic (exact) mass is 435 g/mol. The lowest BCUT2D eigenvalue weighted by atomic mass is 10.1. The number of aromatic nitrogens is 3. The van der Waals surface area contributed by atoms with E-state index in [0.717, 1.165) is 11.1 Å². The van der Waals surface area contributed by atoms with Crippen molar-refractivity contribution >= 4 is 23.1 Å². The van der Waals surface area contributed by atoms with E-state index in [9.17, 15) is 9.59 Å². The Balaban J connectivity index is 1.55. The molecule has 3 aromatic heterocycles. The largest absolute Gasteiger partial charge is 0.422 e. The Kier molecular flexibility index (Phi) is 5.30. The van der Waals surface area contributed by atoms with Gasteiger partial charge in [0.05, 0.1) is 17.5 Å². The highest BCUT2D eigenvalue weighted by atomic mass is 16.4. The number of rotatable bonds is 5. The van der Waals surface area contributed by atoms with E-state index >= 15 is 0 Å². The topological polar surface area (TPSA) is 102 Å². The first kappa shape index (κ1) is 20.1. The number of hydrazone groups is 1. The van der Waals surface area contributed by atoms with Crippen molar-refractivity contribution in [1.29, 1.82) is 0 Å². The van der Waals surface area contributed by atoms with Gasteiger partial charge < -0.3 is 4.42 Å². The van der Waals surface area contributed by atoms with Crippen LogP contribution in [0.15, 0.2) is 106 Å². The molecule has 0 fully saturated rings. The minimum absolute atomic E-state index is 0.297. The van der Waals surface area contributed by atoms with Gasteiger partial charge in [-0.15, -0.1) is 0 Å². The predicted octanol–water partition coefficient (Wildman–Crippen LogP) is 3.80. The molecule has 3 heterocycles. The number of benzene rings is 2. The molecule has 1 N–H and O–H groups in total. The first-order chi connectivity index (χ1) is 16.2. The molecule has 0 bridgehead atoms. The molecular formula is C25H17N5O3. The maximum absolute atomic E-state index is 12.8. The fourth-order valence-corrected chi connectivity index (χ4v) is 3.36. The molecule has 2 aromatic carbocycles. The van der Waals surface area contributed by atoms with Crippen LogP contribution in [0.25, 0.3) is 27.9 Å². The summed E-state index contributed by atoms with van der Waals surface area (Å²) in [7, 11) is 0. The number of hydrogen-bond donors (Lipinski definition) is 1. The molecule has 160 valence electrons. The van der Waals surface area contributed by atoms with Gasteiger partial charge >= 0.3 is 5.63 Å². The van der Waals surface area contributed by atoms with Crippen molar-refractivity contribution in [2.75, 3.05) is 0 Å². The molecule has 1 amide bonds. The SMILES string of the molecule is O=C(NN=Cc1cn(-c2ccccc2)nc1-c1cc2ccccc2oc1=O)c1ccncc1. The van der Waals surface area contributed by atoms with Gasteiger partial charge in [-0.05, 0) is 36.4 Å². The van der Waals surface area contributed by atoms with Crippen LogP contribution in [0, 0.1) is 0 Å². The molecule has 0 atom stereocenters. The molecule has 0 aliphatic heterocycles. The van der Waals surface area contributed by atoms with Crippen LogP contribution >= 0.6 is 0 Å². The van der Waals surface area contributed by atoms with E-state index in [2.05, 4.69) is 20.6 Å². The molecule has 8 nitrogen and oxygen atoms in total. The normalized spacial score (nSPS) is 11.2. The zero-order valence-electron chi connectivity index (χ0n) is 17.3. The highest BCUT2D eigenvalue weighted by Gasteiger charge is 2.16. The van der Waals surface area contributed by atoms with Crippen LogP contribution in [-0.4, -0.2) is 26.9 Å². The van der Waals surface area contributed by atoms with Crippen LogP contribution in [-0.2, 0) is 0 Å². The molecule has 0 spiro atoms. The van der Waals surface area contributed by atoms with E-state index in [1.54, 1.807) is 41.2 Å². The lowest BCUT2D eigenvalue weighted by molar-refractivity contribution is 0.0955. The Morgan fingerprint density at radius 2 is 1.76 bits per heavy atom. The Labute approximate surface area is 187 Å². The van der Waals surface area contributed by atoms with Crippen molar-refractivity contribution in [2.45, 2.75) is 0 Å². The highest BCUT2D eigenvalue weighted by molar-refractivity contribution is 5.95. The zero-order valence-corrected chi connectivity index (χ0v) is 17.3. The fourth-order valence-electron chi connectivity index (χ4n) is 3.36. The second-order valence-corrected chi connectivity index (χ2v) is 7.13. The second-order valence-electron chi connectivity index (χ2n) is 7.13. The van der Waals surface area contributed by atoms with Crippen molar-refractivity contribution in [2.24, 2.45) is 5.10 Å². The molecule has 0 radical (unpaired) electrons. The number of pyridine rings is 1. The van der Waals surface area contributed by atoms with E-state index < -0.39 is 5.63 Å². The third-order valence-electron chi connectivity index (χ3n) is 4.97. The van der Waals surface area contributed by atoms with Crippen LogP contribution in [0.3, 0.4) is 0 Å². The number of nitrogens with one attached hydrogen (secondary N) is 1. The third kappa shape index (κ3) is 4.17. The Morgan fingerprint density at radius 3 is 2.58 bits per heavy atom. The number of hydrogen-bond acceptors (Lipinski definition) is 6. The number of para-hydroxylation sites is 2. The van der Waals surface area contributed by atoms with Gasteiger partial charge in [0.15, 0.2) is 0 Å². The predicted molar refractivity (Wildman–Crippen MR) is 124 cm³/mol. The number of carbonyl (C=O) groups excluding carboxylic acids is 1. The maximum atomic E-state index is 12.8. The number of carbonyl (C=O) groups is 1. The average Bonchev–Trinajstić information content (AvgIpc) is 3.28. The van der Waals surface area contributed by atoms with Gasteiger partial charge in [0.25, 0.3) is 5.91 Å². The summed E-state index contributed by atoms with van der Waals surface area (Å²) in [6.07, 6.45) is 6.25. The lowest BCUT2D eigenvalue weighted by Gasteiger charge is -2.02. The summed E-state index contributed by atoms with van der Waals surface area (Å²) in [5.41, 5.74) is 4.93. The van der Waals surface area contributed by atoms with Crippen LogP contribution in [0.5, 0.6) is 0 Å². The first-order valence-electron chi connectivity index (χ1n) is 10.1. The zero-order chi connectivity index (χ0) is 22.6. The summed E-state index contributed by atoms with van der Waals surface area (Å²) in [6, 6.07) is 21.7. The van der Waals surface area contributed by atoms with Crippen molar-refractivity contribution in [3.63, 3.8) is 0 Å². The van der Waals surface area contributed by atoms with E-state index in [1.807, 2.05) is 42.5 Å². The quantitative estimate of drug-likeness (QED) is 0.257. The van der Waals surface area contributed by atoms with Crippen molar-refractivity contribution in [3.05, 3.63) is 113 Å². The second kappa shape index (κ2) is 8.72. The summed E-state index contributed by atoms with van der Waals surface area (Å²) >= 11 is 0. The standard InChI is InChI=1S/C25H17N5O3/c31-24(17-10-12-26-13-11-17)28-27-15-19-16-30(20-7-2-1-3-8-20)29-23(19)21-14-18-6-4-5-9-22(18)33-25(21)32/h1-16H,(H,28,31). The molecule has 0 saturated heterocycles. The van der Waals surface area contributed by atoms with Gasteiger partial charge in [-0.2, -0.15) is 10.2 Å². The molecule has 5 rings (SSSR count). The van der Waals surface area contributed by atoms with Crippen molar-refractivity contribution in [1.82, 2.24) is 20.2 Å². The highest BCUT2D eigenvalue weighted by Crippen LogP contribution is 2.23. The Hall–Kier alpha value is -4.85. The van der Waals surface area contributed by atoms with Gasteiger partial charge in [0.2, 0.25) is 0 Å². The van der Waals surface area contributed by atoms with Crippen LogP contribution in [0.4, 0.5) is 0 Å². The van der Waals surface area contributed by atoms with Crippen LogP contribution < -0.4 is 11.1 Å². The van der Waals surface area contributed by atoms with E-state index in [0.29, 0.717) is 28.0 Å². The molecule has 5 aromatic rings. The van der Waals surface area contributed by atoms with E-state index in [4.69, 9.17) is 4.42 Å². The first-order valence-corrected chi connectivity index (χ1v) is 10.1. The summed E-state index contributed by atoms with van der Waals surface area (Å²) in [5, 5.41) is 9.46. The van der Waals surface area contributed by atoms with Crippen LogP contribution in [0.1, 0.15) is 15.9 Å². The minimum atomic E-state index is -0.512. The molecule has 0 aliphatic rings. The minimum Gasteiger partial charge on any atom is -0.422 e. The summed E-state index contributed by atoms with van der Waals surface area (Å²) in [4.78, 5) is 28.9. The number of fused-ring (bicyclic) bond motifs is 1. The molecule has 0 unspecified atom stereocenters. The van der Waals surface area contributed by atoms with Crippen molar-refractivity contribution in [3.8, 4) is 16.9 Å². The van der Waals surface area contributed by atoms with Gasteiger partial charge in [-0.1, -0.05) is 36.4 Å². The molecular weight excluding hydrogens is 418 g/mol. The molecule has 0 saturated carbocycles. The maximum Gasteiger partial charge on any atom is 0.345 e. The lowest BCUT2D eigenvalue weighted by Crippen LogP contribution is -2.17. The van der Waals surface area contributed by atoms with Gasteiger partial charge in [0.1, 0.15) is 11.3 Å². The van der Waals surface area contributed by atoms with Gasteiger partial charge in [-0.3, -0.25) is 9.78 Å². The third-order valence-corrected chi connectivity index (χ3v) is 4.97. The van der Waals surface area contributed by atoms with Crippen molar-refractivity contribution < 1.29 is 9.21 Å². The molecule has 0 aliphatic carbocycles. The van der Waals surface area contributed by atoms with E-state index in [1.165, 1.54) is 18.6 Å². The number of nitrogens with zero attached hydrogens (tertiary/aromatic N) is 4. The molecule has 33 heavy (non-hydrogen) atoms. The Morgan fingerprint density at radius 1 is 1.00 bits per heavy atom. The summed E-state index contributed by atoms with van der Waals surface area (Å²) < 4.78 is 7.14. The van der Waals surface area contributed by atoms with E-state index in [-0.39, 0.29) is 5.91 Å². The molecule has 8 heteroatoms. The smallest absolute Gasteiger partial charge is 0.345 e. The average molecular weight is 435 g/mol. The van der Waals surface area contributed by atoms with Crippen LogP contribution in [0.2, 0.25) is 0 Å². The summed E-state index contributed by atoms with van der Waals surface area (Å²) in [6.45, 7) is 0. The van der Waals surface area contributed by atoms with Gasteiger partial charge in [-0.25, -0.2) is 14.9 Å². The summed E-state index contributed by atoms with van der Waals surface area (Å²) in [5.74, 6) is -0.379. The fraction of sp³-hybridized carbons (Fsp3) is 0. The number of amides is 1. The Bertz CT molecular complexity index is 1520. The van der Waals surface area contributed by atoms with Gasteiger partial charge in [0, 0.05) is 35.1 Å².